The Balaban J connectivity index is 1.83. The molecule has 0 fully saturated rings. The number of guanidine groups is 1. The highest BCUT2D eigenvalue weighted by Crippen LogP contribution is 2.29. The Kier molecular flexibility index (Phi) is 7.66. The summed E-state index contributed by atoms with van der Waals surface area (Å²) in [7, 11) is 5.00. The lowest BCUT2D eigenvalue weighted by atomic mass is 10.1. The third-order valence-corrected chi connectivity index (χ3v) is 5.26. The van der Waals surface area contributed by atoms with Gasteiger partial charge in [-0.25, -0.2) is 4.39 Å². The largest absolute Gasteiger partial charge is 0.493 e. The average molecular weight is 454 g/mol. The second-order valence-corrected chi connectivity index (χ2v) is 7.41. The molecule has 0 atom stereocenters. The molecule has 1 heterocycles. The van der Waals surface area contributed by atoms with Gasteiger partial charge in [0.15, 0.2) is 11.5 Å². The Morgan fingerprint density at radius 2 is 1.88 bits per heavy atom. The monoisotopic (exact) mass is 453 g/mol. The van der Waals surface area contributed by atoms with Gasteiger partial charge in [0.2, 0.25) is 5.96 Å². The van der Waals surface area contributed by atoms with Crippen LogP contribution in [0.4, 0.5) is 10.1 Å². The molecule has 2 aromatic carbocycles. The van der Waals surface area contributed by atoms with Gasteiger partial charge in [0, 0.05) is 36.6 Å². The first-order chi connectivity index (χ1) is 15.8. The fourth-order valence-corrected chi connectivity index (χ4v) is 3.43. The van der Waals surface area contributed by atoms with Crippen molar-refractivity contribution in [1.82, 2.24) is 15.1 Å². The SMILES string of the molecule is COc1ccc(NC(=NCCc2c(C)nn(C)c2C)NC(=O)c2cccc(F)c2)cc1OC. The fraction of sp³-hybridized carbons (Fsp3) is 0.292. The van der Waals surface area contributed by atoms with E-state index < -0.39 is 11.7 Å². The van der Waals surface area contributed by atoms with Crippen molar-refractivity contribution in [3.05, 3.63) is 70.8 Å². The minimum Gasteiger partial charge on any atom is -0.493 e. The molecule has 0 saturated heterocycles. The minimum absolute atomic E-state index is 0.191. The molecule has 1 aromatic heterocycles. The van der Waals surface area contributed by atoms with E-state index in [-0.39, 0.29) is 11.5 Å². The normalized spacial score (nSPS) is 11.3. The standard InChI is InChI=1S/C24H28FN5O3/c1-15-20(16(2)30(3)29-15)11-12-26-24(28-23(31)17-7-6-8-18(25)13-17)27-19-9-10-21(32-4)22(14-19)33-5/h6-10,13-14H,11-12H2,1-5H3,(H2,26,27,28,31). The highest BCUT2D eigenvalue weighted by Gasteiger charge is 2.13. The number of anilines is 1. The summed E-state index contributed by atoms with van der Waals surface area (Å²) < 4.78 is 26.0. The number of halogens is 1. The molecule has 0 bridgehead atoms. The van der Waals surface area contributed by atoms with E-state index in [0.717, 1.165) is 17.0 Å². The minimum atomic E-state index is -0.489. The van der Waals surface area contributed by atoms with E-state index in [2.05, 4.69) is 20.7 Å². The number of aryl methyl sites for hydroxylation is 2. The molecule has 0 saturated carbocycles. The summed E-state index contributed by atoms with van der Waals surface area (Å²) in [5, 5.41) is 10.3. The van der Waals surface area contributed by atoms with Gasteiger partial charge in [-0.2, -0.15) is 5.10 Å². The summed E-state index contributed by atoms with van der Waals surface area (Å²) in [6.07, 6.45) is 0.651. The van der Waals surface area contributed by atoms with Gasteiger partial charge in [-0.05, 0) is 56.2 Å². The maximum Gasteiger partial charge on any atom is 0.258 e. The quantitative estimate of drug-likeness (QED) is 0.421. The number of carbonyl (C=O) groups excluding carboxylic acids is 1. The molecule has 0 aliphatic heterocycles. The lowest BCUT2D eigenvalue weighted by molar-refractivity contribution is 0.0976. The summed E-state index contributed by atoms with van der Waals surface area (Å²) in [5.74, 6) is 0.370. The predicted octanol–water partition coefficient (Wildman–Crippen LogP) is 3.63. The van der Waals surface area contributed by atoms with Gasteiger partial charge in [-0.3, -0.25) is 19.8 Å². The van der Waals surface area contributed by atoms with Crippen LogP contribution in [0.1, 0.15) is 27.3 Å². The van der Waals surface area contributed by atoms with Gasteiger partial charge < -0.3 is 14.8 Å². The van der Waals surface area contributed by atoms with Crippen molar-refractivity contribution >= 4 is 17.6 Å². The van der Waals surface area contributed by atoms with Gasteiger partial charge >= 0.3 is 0 Å². The lowest BCUT2D eigenvalue weighted by Crippen LogP contribution is -2.36. The molecule has 2 N–H and O–H groups in total. The molecule has 33 heavy (non-hydrogen) atoms. The maximum atomic E-state index is 13.6. The van der Waals surface area contributed by atoms with Gasteiger partial charge in [0.25, 0.3) is 5.91 Å². The third-order valence-electron chi connectivity index (χ3n) is 5.26. The Morgan fingerprint density at radius 3 is 2.52 bits per heavy atom. The van der Waals surface area contributed by atoms with Crippen molar-refractivity contribution < 1.29 is 18.7 Å². The number of amides is 1. The summed E-state index contributed by atoms with van der Waals surface area (Å²) in [5.41, 5.74) is 3.96. The van der Waals surface area contributed by atoms with Crippen LogP contribution < -0.4 is 20.1 Å². The van der Waals surface area contributed by atoms with Crippen LogP contribution in [0.3, 0.4) is 0 Å². The molecule has 1 amide bonds. The van der Waals surface area contributed by atoms with E-state index in [9.17, 15) is 9.18 Å². The van der Waals surface area contributed by atoms with Crippen molar-refractivity contribution in [2.24, 2.45) is 12.0 Å². The second kappa shape index (κ2) is 10.6. The van der Waals surface area contributed by atoms with Crippen LogP contribution in [0, 0.1) is 19.7 Å². The van der Waals surface area contributed by atoms with Crippen LogP contribution in [0.2, 0.25) is 0 Å². The number of hydrogen-bond acceptors (Lipinski definition) is 5. The second-order valence-electron chi connectivity index (χ2n) is 7.41. The smallest absolute Gasteiger partial charge is 0.258 e. The predicted molar refractivity (Wildman–Crippen MR) is 126 cm³/mol. The number of rotatable bonds is 7. The van der Waals surface area contributed by atoms with E-state index in [0.29, 0.717) is 30.2 Å². The van der Waals surface area contributed by atoms with E-state index in [1.54, 1.807) is 32.4 Å². The Bertz CT molecular complexity index is 1170. The molecular formula is C24H28FN5O3. The van der Waals surface area contributed by atoms with Crippen LogP contribution in [0.5, 0.6) is 11.5 Å². The molecule has 9 heteroatoms. The fourth-order valence-electron chi connectivity index (χ4n) is 3.43. The molecule has 0 spiro atoms. The van der Waals surface area contributed by atoms with Gasteiger partial charge in [0.1, 0.15) is 5.82 Å². The zero-order chi connectivity index (χ0) is 24.0. The molecule has 0 radical (unpaired) electrons. The lowest BCUT2D eigenvalue weighted by Gasteiger charge is -2.14. The third kappa shape index (κ3) is 5.88. The Morgan fingerprint density at radius 1 is 1.12 bits per heavy atom. The van der Waals surface area contributed by atoms with Crippen molar-refractivity contribution in [3.8, 4) is 11.5 Å². The first-order valence-corrected chi connectivity index (χ1v) is 10.4. The zero-order valence-electron chi connectivity index (χ0n) is 19.4. The number of aliphatic imine (C=N–C) groups is 1. The van der Waals surface area contributed by atoms with Gasteiger partial charge in [0.05, 0.1) is 19.9 Å². The van der Waals surface area contributed by atoms with Crippen molar-refractivity contribution in [2.75, 3.05) is 26.1 Å². The number of carbonyl (C=O) groups is 1. The highest BCUT2D eigenvalue weighted by atomic mass is 19.1. The van der Waals surface area contributed by atoms with E-state index >= 15 is 0 Å². The van der Waals surface area contributed by atoms with Gasteiger partial charge in [-0.1, -0.05) is 6.07 Å². The van der Waals surface area contributed by atoms with Crippen molar-refractivity contribution in [1.29, 1.82) is 0 Å². The Labute approximate surface area is 192 Å². The van der Waals surface area contributed by atoms with Crippen molar-refractivity contribution in [2.45, 2.75) is 20.3 Å². The number of aromatic nitrogens is 2. The van der Waals surface area contributed by atoms with Crippen molar-refractivity contribution in [3.63, 3.8) is 0 Å². The molecule has 3 aromatic rings. The summed E-state index contributed by atoms with van der Waals surface area (Å²) in [4.78, 5) is 17.3. The molecule has 8 nitrogen and oxygen atoms in total. The maximum absolute atomic E-state index is 13.6. The van der Waals surface area contributed by atoms with Gasteiger partial charge in [-0.15, -0.1) is 0 Å². The topological polar surface area (TPSA) is 89.8 Å². The van der Waals surface area contributed by atoms with Crippen LogP contribution >= 0.6 is 0 Å². The number of nitrogens with zero attached hydrogens (tertiary/aromatic N) is 3. The average Bonchev–Trinajstić information content (AvgIpc) is 3.04. The molecule has 174 valence electrons. The van der Waals surface area contributed by atoms with E-state index in [4.69, 9.17) is 9.47 Å². The number of nitrogens with one attached hydrogen (secondary N) is 2. The van der Waals surface area contributed by atoms with Crippen LogP contribution in [-0.2, 0) is 13.5 Å². The molecule has 0 aliphatic carbocycles. The number of benzene rings is 2. The molecule has 0 unspecified atom stereocenters. The van der Waals surface area contributed by atoms with Crippen LogP contribution in [0.25, 0.3) is 0 Å². The number of hydrogen-bond donors (Lipinski definition) is 2. The highest BCUT2D eigenvalue weighted by molar-refractivity contribution is 6.10. The first kappa shape index (κ1) is 23.8. The summed E-state index contributed by atoms with van der Waals surface area (Å²) in [6, 6.07) is 10.7. The number of methoxy groups -OCH3 is 2. The molecular weight excluding hydrogens is 425 g/mol. The first-order valence-electron chi connectivity index (χ1n) is 10.4. The molecule has 0 aliphatic rings. The van der Waals surface area contributed by atoms with Crippen LogP contribution in [0.15, 0.2) is 47.5 Å². The summed E-state index contributed by atoms with van der Waals surface area (Å²) >= 11 is 0. The Hall–Kier alpha value is -3.88. The molecule has 3 rings (SSSR count). The van der Waals surface area contributed by atoms with E-state index in [1.807, 2.05) is 25.6 Å². The summed E-state index contributed by atoms with van der Waals surface area (Å²) in [6.45, 7) is 4.38. The number of ether oxygens (including phenoxy) is 2. The zero-order valence-corrected chi connectivity index (χ0v) is 19.4. The van der Waals surface area contributed by atoms with Crippen LogP contribution in [-0.4, -0.2) is 42.4 Å². The van der Waals surface area contributed by atoms with E-state index in [1.165, 1.54) is 24.3 Å².